The standard InChI is InChI=1S/C14H26BrNO/c1-10(2)16(9-7-8-15)12(17)11-13(3,4)14(11,5)6/h10-11H,7-9H2,1-6H3. The predicted octanol–water partition coefficient (Wildman–Crippen LogP) is 3.69. The largest absolute Gasteiger partial charge is 0.340 e. The van der Waals surface area contributed by atoms with Crippen molar-refractivity contribution in [1.82, 2.24) is 4.90 Å². The maximum Gasteiger partial charge on any atom is 0.227 e. The van der Waals surface area contributed by atoms with E-state index in [1.54, 1.807) is 0 Å². The van der Waals surface area contributed by atoms with Gasteiger partial charge in [0.05, 0.1) is 0 Å². The zero-order valence-corrected chi connectivity index (χ0v) is 13.6. The Labute approximate surface area is 114 Å². The van der Waals surface area contributed by atoms with Crippen molar-refractivity contribution in [1.29, 1.82) is 0 Å². The van der Waals surface area contributed by atoms with Crippen molar-refractivity contribution in [2.75, 3.05) is 11.9 Å². The summed E-state index contributed by atoms with van der Waals surface area (Å²) in [4.78, 5) is 14.6. The second-order valence-corrected chi connectivity index (χ2v) is 7.34. The minimum atomic E-state index is 0.144. The minimum absolute atomic E-state index is 0.144. The number of carbonyl (C=O) groups is 1. The van der Waals surface area contributed by atoms with Gasteiger partial charge in [0.15, 0.2) is 0 Å². The number of hydrogen-bond donors (Lipinski definition) is 0. The molecule has 2 nitrogen and oxygen atoms in total. The normalized spacial score (nSPS) is 21.6. The van der Waals surface area contributed by atoms with Gasteiger partial charge in [-0.1, -0.05) is 43.6 Å². The second kappa shape index (κ2) is 4.91. The molecule has 0 aromatic heterocycles. The topological polar surface area (TPSA) is 20.3 Å². The third-order valence-corrected chi connectivity index (χ3v) is 5.27. The number of alkyl halides is 1. The van der Waals surface area contributed by atoms with E-state index < -0.39 is 0 Å². The molecule has 1 fully saturated rings. The number of halogens is 1. The van der Waals surface area contributed by atoms with Gasteiger partial charge < -0.3 is 4.90 Å². The Morgan fingerprint density at radius 2 is 1.71 bits per heavy atom. The van der Waals surface area contributed by atoms with E-state index in [4.69, 9.17) is 0 Å². The molecule has 1 amide bonds. The van der Waals surface area contributed by atoms with Crippen LogP contribution in [0.4, 0.5) is 0 Å². The van der Waals surface area contributed by atoms with Crippen LogP contribution in [0.2, 0.25) is 0 Å². The Kier molecular flexibility index (Phi) is 4.33. The van der Waals surface area contributed by atoms with Crippen LogP contribution < -0.4 is 0 Å². The molecule has 0 spiro atoms. The average molecular weight is 304 g/mol. The second-order valence-electron chi connectivity index (χ2n) is 6.54. The van der Waals surface area contributed by atoms with Crippen molar-refractivity contribution in [3.63, 3.8) is 0 Å². The first-order chi connectivity index (χ1) is 7.67. The van der Waals surface area contributed by atoms with Gasteiger partial charge in [-0.05, 0) is 31.1 Å². The lowest BCUT2D eigenvalue weighted by molar-refractivity contribution is -0.135. The highest BCUT2D eigenvalue weighted by Crippen LogP contribution is 2.68. The summed E-state index contributed by atoms with van der Waals surface area (Å²) in [5.41, 5.74) is 0.289. The van der Waals surface area contributed by atoms with Crippen LogP contribution in [0.3, 0.4) is 0 Å². The van der Waals surface area contributed by atoms with Crippen LogP contribution in [0.25, 0.3) is 0 Å². The Morgan fingerprint density at radius 3 is 2.00 bits per heavy atom. The van der Waals surface area contributed by atoms with Crippen LogP contribution in [0.15, 0.2) is 0 Å². The molecule has 0 aromatic carbocycles. The van der Waals surface area contributed by atoms with Gasteiger partial charge in [-0.25, -0.2) is 0 Å². The van der Waals surface area contributed by atoms with Crippen molar-refractivity contribution < 1.29 is 4.79 Å². The van der Waals surface area contributed by atoms with E-state index in [1.807, 2.05) is 4.90 Å². The molecule has 1 saturated carbocycles. The van der Waals surface area contributed by atoms with Gasteiger partial charge >= 0.3 is 0 Å². The first kappa shape index (κ1) is 15.0. The van der Waals surface area contributed by atoms with Crippen LogP contribution in [-0.2, 0) is 4.79 Å². The van der Waals surface area contributed by atoms with Crippen molar-refractivity contribution >= 4 is 21.8 Å². The molecule has 3 heteroatoms. The van der Waals surface area contributed by atoms with E-state index in [0.717, 1.165) is 18.3 Å². The van der Waals surface area contributed by atoms with E-state index in [9.17, 15) is 4.79 Å². The molecule has 0 aliphatic heterocycles. The van der Waals surface area contributed by atoms with Crippen LogP contribution >= 0.6 is 15.9 Å². The van der Waals surface area contributed by atoms with Crippen molar-refractivity contribution in [2.45, 2.75) is 54.0 Å². The summed E-state index contributed by atoms with van der Waals surface area (Å²) in [6, 6.07) is 0.300. The number of rotatable bonds is 5. The molecule has 0 aromatic rings. The average Bonchev–Trinajstić information content (AvgIpc) is 2.57. The van der Waals surface area contributed by atoms with Crippen molar-refractivity contribution in [3.8, 4) is 0 Å². The van der Waals surface area contributed by atoms with Gasteiger partial charge in [0, 0.05) is 23.8 Å². The number of nitrogens with zero attached hydrogens (tertiary/aromatic N) is 1. The van der Waals surface area contributed by atoms with E-state index in [2.05, 4.69) is 57.5 Å². The summed E-state index contributed by atoms with van der Waals surface area (Å²) in [7, 11) is 0. The van der Waals surface area contributed by atoms with E-state index in [-0.39, 0.29) is 16.7 Å². The smallest absolute Gasteiger partial charge is 0.227 e. The monoisotopic (exact) mass is 303 g/mol. The summed E-state index contributed by atoms with van der Waals surface area (Å²) >= 11 is 3.44. The van der Waals surface area contributed by atoms with Crippen molar-refractivity contribution in [2.24, 2.45) is 16.7 Å². The summed E-state index contributed by atoms with van der Waals surface area (Å²) < 4.78 is 0. The first-order valence-electron chi connectivity index (χ1n) is 6.54. The Bertz CT molecular complexity index is 283. The first-order valence-corrected chi connectivity index (χ1v) is 7.66. The summed E-state index contributed by atoms with van der Waals surface area (Å²) in [6.07, 6.45) is 1.03. The molecule has 1 aliphatic rings. The highest BCUT2D eigenvalue weighted by atomic mass is 79.9. The zero-order chi connectivity index (χ0) is 13.4. The SMILES string of the molecule is CC(C)N(CCCBr)C(=O)C1C(C)(C)C1(C)C. The maximum atomic E-state index is 12.6. The van der Waals surface area contributed by atoms with E-state index >= 15 is 0 Å². The molecule has 17 heavy (non-hydrogen) atoms. The predicted molar refractivity (Wildman–Crippen MR) is 76.3 cm³/mol. The zero-order valence-electron chi connectivity index (χ0n) is 12.0. The lowest BCUT2D eigenvalue weighted by Crippen LogP contribution is -2.40. The Balaban J connectivity index is 2.74. The third-order valence-electron chi connectivity index (χ3n) is 4.71. The third kappa shape index (κ3) is 2.54. The van der Waals surface area contributed by atoms with Crippen LogP contribution in [0, 0.1) is 16.7 Å². The molecule has 0 unspecified atom stereocenters. The molecule has 0 saturated heterocycles. The molecule has 1 aliphatic carbocycles. The van der Waals surface area contributed by atoms with Crippen LogP contribution in [0.1, 0.15) is 48.0 Å². The molecule has 0 N–H and O–H groups in total. The fourth-order valence-electron chi connectivity index (χ4n) is 2.83. The quantitative estimate of drug-likeness (QED) is 0.709. The molecule has 0 atom stereocenters. The maximum absolute atomic E-state index is 12.6. The number of hydrogen-bond acceptors (Lipinski definition) is 1. The summed E-state index contributed by atoms with van der Waals surface area (Å²) in [5.74, 6) is 0.531. The Hall–Kier alpha value is -0.0500. The van der Waals surface area contributed by atoms with Gasteiger partial charge in [0.2, 0.25) is 5.91 Å². The van der Waals surface area contributed by atoms with Gasteiger partial charge in [-0.2, -0.15) is 0 Å². The highest BCUT2D eigenvalue weighted by molar-refractivity contribution is 9.09. The van der Waals surface area contributed by atoms with Gasteiger partial charge in [-0.15, -0.1) is 0 Å². The molecule has 1 rings (SSSR count). The van der Waals surface area contributed by atoms with Gasteiger partial charge in [0.1, 0.15) is 0 Å². The van der Waals surface area contributed by atoms with Crippen LogP contribution in [-0.4, -0.2) is 28.7 Å². The number of amides is 1. The molecule has 0 radical (unpaired) electrons. The summed E-state index contributed by atoms with van der Waals surface area (Å²) in [6.45, 7) is 13.9. The lowest BCUT2D eigenvalue weighted by atomic mass is 10.0. The molecule has 0 heterocycles. The molecular weight excluding hydrogens is 278 g/mol. The van der Waals surface area contributed by atoms with Gasteiger partial charge in [0.25, 0.3) is 0 Å². The highest BCUT2D eigenvalue weighted by Gasteiger charge is 2.68. The van der Waals surface area contributed by atoms with Gasteiger partial charge in [-0.3, -0.25) is 4.79 Å². The fraction of sp³-hybridized carbons (Fsp3) is 0.929. The lowest BCUT2D eigenvalue weighted by Gasteiger charge is -2.27. The minimum Gasteiger partial charge on any atom is -0.340 e. The van der Waals surface area contributed by atoms with Crippen LogP contribution in [0.5, 0.6) is 0 Å². The molecule has 0 bridgehead atoms. The molecular formula is C14H26BrNO. The fourth-order valence-corrected chi connectivity index (χ4v) is 3.08. The summed E-state index contributed by atoms with van der Waals surface area (Å²) in [5, 5.41) is 0.959. The Morgan fingerprint density at radius 1 is 1.24 bits per heavy atom. The van der Waals surface area contributed by atoms with Crippen molar-refractivity contribution in [3.05, 3.63) is 0 Å². The molecule has 100 valence electrons. The van der Waals surface area contributed by atoms with E-state index in [1.165, 1.54) is 0 Å². The van der Waals surface area contributed by atoms with E-state index in [0.29, 0.717) is 11.9 Å². The number of carbonyl (C=O) groups excluding carboxylic acids is 1.